The van der Waals surface area contributed by atoms with E-state index in [1.165, 1.54) is 18.2 Å². The summed E-state index contributed by atoms with van der Waals surface area (Å²) >= 11 is 0. The summed E-state index contributed by atoms with van der Waals surface area (Å²) in [7, 11) is 0. The van der Waals surface area contributed by atoms with Crippen molar-refractivity contribution >= 4 is 10.9 Å². The Bertz CT molecular complexity index is 465. The van der Waals surface area contributed by atoms with Gasteiger partial charge in [-0.25, -0.2) is 0 Å². The fourth-order valence-electron chi connectivity index (χ4n) is 1.78. The van der Waals surface area contributed by atoms with E-state index in [-0.39, 0.29) is 0 Å². The Hall–Kier alpha value is -1.57. The van der Waals surface area contributed by atoms with Gasteiger partial charge in [-0.2, -0.15) is 4.57 Å². The number of phenolic OH excluding ortho intramolecular Hbond substituents is 1. The van der Waals surface area contributed by atoms with Crippen molar-refractivity contribution in [1.82, 2.24) is 0 Å². The molecule has 0 saturated carbocycles. The summed E-state index contributed by atoms with van der Waals surface area (Å²) in [6.45, 7) is 3.19. The molecule has 0 amide bonds. The van der Waals surface area contributed by atoms with E-state index in [4.69, 9.17) is 0 Å². The number of aryl methyl sites for hydroxylation is 1. The number of unbranched alkanes of at least 4 members (excludes halogenated alkanes) is 1. The lowest BCUT2D eigenvalue weighted by Crippen LogP contribution is -2.33. The summed E-state index contributed by atoms with van der Waals surface area (Å²) < 4.78 is 2.19. The van der Waals surface area contributed by atoms with Gasteiger partial charge < -0.3 is 5.11 Å². The average molecular weight is 202 g/mol. The molecule has 1 aromatic carbocycles. The number of pyridine rings is 1. The third-order valence-corrected chi connectivity index (χ3v) is 2.62. The van der Waals surface area contributed by atoms with Crippen LogP contribution in [0.4, 0.5) is 0 Å². The lowest BCUT2D eigenvalue weighted by Gasteiger charge is -2.00. The molecule has 0 saturated heterocycles. The van der Waals surface area contributed by atoms with Crippen molar-refractivity contribution in [2.75, 3.05) is 0 Å². The Morgan fingerprint density at radius 3 is 2.93 bits per heavy atom. The Kier molecular flexibility index (Phi) is 2.86. The van der Waals surface area contributed by atoms with Gasteiger partial charge in [-0.15, -0.1) is 0 Å². The average Bonchev–Trinajstić information content (AvgIpc) is 2.26. The molecular weight excluding hydrogens is 186 g/mol. The van der Waals surface area contributed by atoms with Gasteiger partial charge in [0.25, 0.3) is 0 Å². The number of rotatable bonds is 3. The number of hydrogen-bond donors (Lipinski definition) is 1. The first-order chi connectivity index (χ1) is 7.31. The summed E-state index contributed by atoms with van der Waals surface area (Å²) in [6, 6.07) is 9.62. The fraction of sp³-hybridized carbons (Fsp3) is 0.308. The van der Waals surface area contributed by atoms with Crippen molar-refractivity contribution in [3.8, 4) is 5.75 Å². The number of nitrogens with zero attached hydrogens (tertiary/aromatic N) is 1. The molecule has 2 aromatic rings. The molecule has 1 heterocycles. The van der Waals surface area contributed by atoms with Gasteiger partial charge in [0.1, 0.15) is 12.3 Å². The first-order valence-corrected chi connectivity index (χ1v) is 5.42. The predicted molar refractivity (Wildman–Crippen MR) is 60.7 cm³/mol. The topological polar surface area (TPSA) is 24.1 Å². The number of phenols is 1. The molecule has 0 fully saturated rings. The van der Waals surface area contributed by atoms with Crippen molar-refractivity contribution in [3.05, 3.63) is 36.5 Å². The van der Waals surface area contributed by atoms with E-state index >= 15 is 0 Å². The molecule has 2 rings (SSSR count). The van der Waals surface area contributed by atoms with Crippen LogP contribution in [0.3, 0.4) is 0 Å². The van der Waals surface area contributed by atoms with E-state index in [0.717, 1.165) is 12.1 Å². The lowest BCUT2D eigenvalue weighted by atomic mass is 10.2. The highest BCUT2D eigenvalue weighted by atomic mass is 16.3. The second kappa shape index (κ2) is 4.30. The maximum absolute atomic E-state index is 9.47. The van der Waals surface area contributed by atoms with Crippen molar-refractivity contribution in [2.45, 2.75) is 26.3 Å². The number of aromatic hydroxyl groups is 1. The Balaban J connectivity index is 2.48. The summed E-state index contributed by atoms with van der Waals surface area (Å²) in [5.74, 6) is 0.332. The monoisotopic (exact) mass is 202 g/mol. The number of aromatic nitrogens is 1. The third-order valence-electron chi connectivity index (χ3n) is 2.62. The SMILES string of the molecule is CCCC[n+]1cccc2ccc(O)cc21. The lowest BCUT2D eigenvalue weighted by molar-refractivity contribution is -0.671. The van der Waals surface area contributed by atoms with E-state index in [1.807, 2.05) is 12.1 Å². The molecule has 78 valence electrons. The van der Waals surface area contributed by atoms with Crippen LogP contribution in [0.5, 0.6) is 5.75 Å². The van der Waals surface area contributed by atoms with E-state index < -0.39 is 0 Å². The molecule has 0 aliphatic heterocycles. The van der Waals surface area contributed by atoms with Crippen molar-refractivity contribution < 1.29 is 9.67 Å². The second-order valence-electron chi connectivity index (χ2n) is 3.80. The minimum absolute atomic E-state index is 0.332. The molecule has 2 heteroatoms. The number of hydrogen-bond acceptors (Lipinski definition) is 1. The molecule has 1 N–H and O–H groups in total. The first kappa shape index (κ1) is 9.97. The van der Waals surface area contributed by atoms with Gasteiger partial charge in [-0.3, -0.25) is 0 Å². The summed E-state index contributed by atoms with van der Waals surface area (Å²) in [4.78, 5) is 0. The highest BCUT2D eigenvalue weighted by Gasteiger charge is 2.07. The Morgan fingerprint density at radius 1 is 1.27 bits per heavy atom. The zero-order chi connectivity index (χ0) is 10.7. The van der Waals surface area contributed by atoms with Crippen LogP contribution in [0.25, 0.3) is 10.9 Å². The zero-order valence-electron chi connectivity index (χ0n) is 8.98. The van der Waals surface area contributed by atoms with Gasteiger partial charge in [0, 0.05) is 17.9 Å². The molecular formula is C13H16NO+. The van der Waals surface area contributed by atoms with E-state index in [0.29, 0.717) is 5.75 Å². The molecule has 0 bridgehead atoms. The normalized spacial score (nSPS) is 10.7. The van der Waals surface area contributed by atoms with Crippen LogP contribution in [0.1, 0.15) is 19.8 Å². The van der Waals surface area contributed by atoms with Gasteiger partial charge in [0.15, 0.2) is 6.20 Å². The van der Waals surface area contributed by atoms with Crippen LogP contribution in [0, 0.1) is 0 Å². The third kappa shape index (κ3) is 2.09. The van der Waals surface area contributed by atoms with Gasteiger partial charge >= 0.3 is 0 Å². The van der Waals surface area contributed by atoms with Gasteiger partial charge in [0.2, 0.25) is 5.52 Å². The second-order valence-corrected chi connectivity index (χ2v) is 3.80. The largest absolute Gasteiger partial charge is 0.508 e. The van der Waals surface area contributed by atoms with E-state index in [2.05, 4.69) is 29.8 Å². The fourth-order valence-corrected chi connectivity index (χ4v) is 1.78. The van der Waals surface area contributed by atoms with Crippen LogP contribution in [-0.4, -0.2) is 5.11 Å². The van der Waals surface area contributed by atoms with Crippen LogP contribution >= 0.6 is 0 Å². The standard InChI is InChI=1S/C13H15NO/c1-2-3-8-14-9-4-5-11-6-7-12(15)10-13(11)14/h4-7,9-10H,2-3,8H2,1H3/p+1. The number of benzene rings is 1. The van der Waals surface area contributed by atoms with Crippen LogP contribution in [-0.2, 0) is 6.54 Å². The summed E-state index contributed by atoms with van der Waals surface area (Å²) in [5.41, 5.74) is 1.10. The quantitative estimate of drug-likeness (QED) is 0.760. The van der Waals surface area contributed by atoms with Gasteiger partial charge in [-0.1, -0.05) is 13.3 Å². The first-order valence-electron chi connectivity index (χ1n) is 5.42. The highest BCUT2D eigenvalue weighted by Crippen LogP contribution is 2.16. The molecule has 0 atom stereocenters. The summed E-state index contributed by atoms with van der Waals surface area (Å²) in [5, 5.41) is 10.6. The van der Waals surface area contributed by atoms with E-state index in [1.54, 1.807) is 6.07 Å². The summed E-state index contributed by atoms with van der Waals surface area (Å²) in [6.07, 6.45) is 4.42. The minimum Gasteiger partial charge on any atom is -0.508 e. The number of fused-ring (bicyclic) bond motifs is 1. The minimum atomic E-state index is 0.332. The van der Waals surface area contributed by atoms with Crippen LogP contribution in [0.2, 0.25) is 0 Å². The van der Waals surface area contributed by atoms with Crippen molar-refractivity contribution in [3.63, 3.8) is 0 Å². The van der Waals surface area contributed by atoms with Crippen molar-refractivity contribution in [2.24, 2.45) is 0 Å². The maximum atomic E-state index is 9.47. The Morgan fingerprint density at radius 2 is 2.13 bits per heavy atom. The van der Waals surface area contributed by atoms with E-state index in [9.17, 15) is 5.11 Å². The predicted octanol–water partition coefficient (Wildman–Crippen LogP) is 2.63. The van der Waals surface area contributed by atoms with Crippen LogP contribution in [0.15, 0.2) is 36.5 Å². The molecule has 15 heavy (non-hydrogen) atoms. The molecule has 0 aliphatic carbocycles. The maximum Gasteiger partial charge on any atom is 0.216 e. The van der Waals surface area contributed by atoms with Gasteiger partial charge in [-0.05, 0) is 18.2 Å². The molecule has 0 unspecified atom stereocenters. The van der Waals surface area contributed by atoms with Crippen molar-refractivity contribution in [1.29, 1.82) is 0 Å². The highest BCUT2D eigenvalue weighted by molar-refractivity contribution is 5.76. The molecule has 0 radical (unpaired) electrons. The van der Waals surface area contributed by atoms with Gasteiger partial charge in [0.05, 0.1) is 6.07 Å². The Labute approximate surface area is 89.8 Å². The van der Waals surface area contributed by atoms with Crippen LogP contribution < -0.4 is 4.57 Å². The smallest absolute Gasteiger partial charge is 0.216 e. The molecule has 0 spiro atoms. The zero-order valence-corrected chi connectivity index (χ0v) is 8.98. The molecule has 1 aromatic heterocycles. The molecule has 0 aliphatic rings. The molecule has 2 nitrogen and oxygen atoms in total.